The maximum atomic E-state index is 9.33. The van der Waals surface area contributed by atoms with Crippen LogP contribution in [0.2, 0.25) is 0 Å². The summed E-state index contributed by atoms with van der Waals surface area (Å²) >= 11 is 0. The van der Waals surface area contributed by atoms with Crippen LogP contribution < -0.4 is 0 Å². The summed E-state index contributed by atoms with van der Waals surface area (Å²) in [6.07, 6.45) is 1.07. The van der Waals surface area contributed by atoms with E-state index in [0.29, 0.717) is 11.7 Å². The Morgan fingerprint density at radius 2 is 1.97 bits per heavy atom. The normalized spacial score (nSPS) is 18.5. The Labute approximate surface area is 186 Å². The largest absolute Gasteiger partial charge is 0.350 e. The highest BCUT2D eigenvalue weighted by Crippen LogP contribution is 2.25. The fourth-order valence-electron chi connectivity index (χ4n) is 4.15. The standard InChI is InChI=1S/C26H33N5/c1-7-22-9-11-23(12-10-22)21(6)30-14-15-31(20(5)17-30)26(28-18(2)3)25-19(4)8-13-24(16-27)29-25/h8-13,20-21H,2,7,14-15,17H2,1,3-6H3. The van der Waals surface area contributed by atoms with Gasteiger partial charge in [-0.1, -0.05) is 43.8 Å². The van der Waals surface area contributed by atoms with Crippen molar-refractivity contribution in [3.8, 4) is 6.07 Å². The van der Waals surface area contributed by atoms with Gasteiger partial charge in [-0.25, -0.2) is 9.98 Å². The third kappa shape index (κ3) is 5.21. The summed E-state index contributed by atoms with van der Waals surface area (Å²) < 4.78 is 0. The maximum Gasteiger partial charge on any atom is 0.155 e. The van der Waals surface area contributed by atoms with Crippen LogP contribution in [0.4, 0.5) is 0 Å². The molecule has 0 amide bonds. The molecule has 5 heteroatoms. The van der Waals surface area contributed by atoms with E-state index in [4.69, 9.17) is 4.99 Å². The zero-order chi connectivity index (χ0) is 22.5. The number of benzene rings is 1. The van der Waals surface area contributed by atoms with Gasteiger partial charge < -0.3 is 4.90 Å². The Balaban J connectivity index is 1.83. The van der Waals surface area contributed by atoms with Gasteiger partial charge in [0.1, 0.15) is 17.5 Å². The smallest absolute Gasteiger partial charge is 0.155 e. The highest BCUT2D eigenvalue weighted by Gasteiger charge is 2.30. The van der Waals surface area contributed by atoms with Crippen molar-refractivity contribution < 1.29 is 0 Å². The van der Waals surface area contributed by atoms with Gasteiger partial charge in [0, 0.05) is 37.4 Å². The minimum absolute atomic E-state index is 0.260. The van der Waals surface area contributed by atoms with E-state index < -0.39 is 0 Å². The molecular weight excluding hydrogens is 382 g/mol. The third-order valence-electron chi connectivity index (χ3n) is 6.07. The molecule has 0 aliphatic carbocycles. The van der Waals surface area contributed by atoms with Crippen molar-refractivity contribution in [2.75, 3.05) is 19.6 Å². The second-order valence-corrected chi connectivity index (χ2v) is 8.45. The van der Waals surface area contributed by atoms with E-state index in [0.717, 1.165) is 48.8 Å². The van der Waals surface area contributed by atoms with Crippen molar-refractivity contribution in [3.63, 3.8) is 0 Å². The molecule has 0 radical (unpaired) electrons. The van der Waals surface area contributed by atoms with Gasteiger partial charge in [0.15, 0.2) is 5.84 Å². The number of nitriles is 1. The minimum Gasteiger partial charge on any atom is -0.350 e. The molecule has 1 aromatic carbocycles. The van der Waals surface area contributed by atoms with Crippen molar-refractivity contribution in [3.05, 3.63) is 76.8 Å². The summed E-state index contributed by atoms with van der Waals surface area (Å²) in [5.41, 5.74) is 5.65. The van der Waals surface area contributed by atoms with Crippen LogP contribution in [0.3, 0.4) is 0 Å². The molecule has 2 unspecified atom stereocenters. The van der Waals surface area contributed by atoms with Crippen molar-refractivity contribution in [2.24, 2.45) is 4.99 Å². The fourth-order valence-corrected chi connectivity index (χ4v) is 4.15. The Morgan fingerprint density at radius 3 is 2.55 bits per heavy atom. The fraction of sp³-hybridized carbons (Fsp3) is 0.423. The number of amidine groups is 1. The summed E-state index contributed by atoms with van der Waals surface area (Å²) in [7, 11) is 0. The zero-order valence-electron chi connectivity index (χ0n) is 19.4. The van der Waals surface area contributed by atoms with E-state index in [1.807, 2.05) is 19.9 Å². The molecule has 1 aromatic heterocycles. The predicted molar refractivity (Wildman–Crippen MR) is 127 cm³/mol. The number of allylic oxidation sites excluding steroid dienone is 1. The third-order valence-corrected chi connectivity index (χ3v) is 6.07. The molecule has 1 aliphatic rings. The Kier molecular flexibility index (Phi) is 7.25. The molecule has 0 saturated carbocycles. The van der Waals surface area contributed by atoms with Gasteiger partial charge in [0.25, 0.3) is 0 Å². The lowest BCUT2D eigenvalue weighted by Crippen LogP contribution is -2.54. The quantitative estimate of drug-likeness (QED) is 0.516. The monoisotopic (exact) mass is 415 g/mol. The summed E-state index contributed by atoms with van der Waals surface area (Å²) in [5.74, 6) is 0.814. The molecule has 1 saturated heterocycles. The van der Waals surface area contributed by atoms with Crippen LogP contribution in [0.1, 0.15) is 61.8 Å². The first kappa shape index (κ1) is 22.7. The van der Waals surface area contributed by atoms with Crippen LogP contribution >= 0.6 is 0 Å². The van der Waals surface area contributed by atoms with Crippen molar-refractivity contribution in [1.29, 1.82) is 5.26 Å². The van der Waals surface area contributed by atoms with Crippen LogP contribution in [0, 0.1) is 18.3 Å². The number of hydrogen-bond donors (Lipinski definition) is 0. The first-order chi connectivity index (χ1) is 14.8. The lowest BCUT2D eigenvalue weighted by molar-refractivity contribution is 0.103. The lowest BCUT2D eigenvalue weighted by atomic mass is 10.0. The molecule has 162 valence electrons. The van der Waals surface area contributed by atoms with E-state index in [9.17, 15) is 5.26 Å². The molecule has 0 spiro atoms. The van der Waals surface area contributed by atoms with Gasteiger partial charge in [0.2, 0.25) is 0 Å². The Hall–Kier alpha value is -2.97. The second-order valence-electron chi connectivity index (χ2n) is 8.45. The number of aliphatic imine (C=N–C) groups is 1. The first-order valence-corrected chi connectivity index (χ1v) is 11.1. The van der Waals surface area contributed by atoms with Gasteiger partial charge in [-0.3, -0.25) is 4.90 Å². The Morgan fingerprint density at radius 1 is 1.26 bits per heavy atom. The lowest BCUT2D eigenvalue weighted by Gasteiger charge is -2.44. The summed E-state index contributed by atoms with van der Waals surface area (Å²) in [6.45, 7) is 17.3. The number of aromatic nitrogens is 1. The molecule has 31 heavy (non-hydrogen) atoms. The maximum absolute atomic E-state index is 9.33. The summed E-state index contributed by atoms with van der Waals surface area (Å²) in [6, 6.07) is 15.5. The van der Waals surface area contributed by atoms with E-state index in [2.05, 4.69) is 72.5 Å². The van der Waals surface area contributed by atoms with Gasteiger partial charge >= 0.3 is 0 Å². The van der Waals surface area contributed by atoms with Crippen LogP contribution in [0.25, 0.3) is 0 Å². The molecule has 2 atom stereocenters. The van der Waals surface area contributed by atoms with E-state index in [1.54, 1.807) is 6.07 Å². The second kappa shape index (κ2) is 9.89. The van der Waals surface area contributed by atoms with Crippen molar-refractivity contribution in [2.45, 2.75) is 53.1 Å². The predicted octanol–water partition coefficient (Wildman–Crippen LogP) is 4.87. The molecule has 0 N–H and O–H groups in total. The van der Waals surface area contributed by atoms with Gasteiger partial charge in [-0.15, -0.1) is 0 Å². The van der Waals surface area contributed by atoms with Crippen molar-refractivity contribution in [1.82, 2.24) is 14.8 Å². The molecular formula is C26H33N5. The summed E-state index contributed by atoms with van der Waals surface area (Å²) in [4.78, 5) is 14.2. The number of piperazine rings is 1. The number of hydrogen-bond acceptors (Lipinski definition) is 4. The Bertz CT molecular complexity index is 999. The van der Waals surface area contributed by atoms with Gasteiger partial charge in [-0.05, 0) is 56.9 Å². The topological polar surface area (TPSA) is 55.5 Å². The molecule has 1 fully saturated rings. The molecule has 0 bridgehead atoms. The number of nitrogens with zero attached hydrogens (tertiary/aromatic N) is 5. The number of aryl methyl sites for hydroxylation is 2. The summed E-state index contributed by atoms with van der Waals surface area (Å²) in [5, 5.41) is 9.33. The number of pyridine rings is 1. The minimum atomic E-state index is 0.260. The molecule has 3 rings (SSSR count). The molecule has 5 nitrogen and oxygen atoms in total. The van der Waals surface area contributed by atoms with E-state index >= 15 is 0 Å². The number of rotatable bonds is 5. The molecule has 1 aliphatic heterocycles. The zero-order valence-corrected chi connectivity index (χ0v) is 19.4. The average molecular weight is 416 g/mol. The van der Waals surface area contributed by atoms with Crippen molar-refractivity contribution >= 4 is 5.84 Å². The van der Waals surface area contributed by atoms with Crippen LogP contribution in [0.5, 0.6) is 0 Å². The van der Waals surface area contributed by atoms with Crippen LogP contribution in [-0.4, -0.2) is 46.3 Å². The van der Waals surface area contributed by atoms with Gasteiger partial charge in [0.05, 0.1) is 0 Å². The highest BCUT2D eigenvalue weighted by atomic mass is 15.3. The first-order valence-electron chi connectivity index (χ1n) is 11.1. The molecule has 2 heterocycles. The van der Waals surface area contributed by atoms with Crippen LogP contribution in [0.15, 0.2) is 53.7 Å². The highest BCUT2D eigenvalue weighted by molar-refractivity contribution is 5.99. The van der Waals surface area contributed by atoms with E-state index in [1.165, 1.54) is 11.1 Å². The van der Waals surface area contributed by atoms with Crippen LogP contribution in [-0.2, 0) is 6.42 Å². The SMILES string of the molecule is C=C(C)N=C(c1nc(C#N)ccc1C)N1CCN(C(C)c2ccc(CC)cc2)CC1C. The van der Waals surface area contributed by atoms with Gasteiger partial charge in [-0.2, -0.15) is 5.26 Å². The molecule has 2 aromatic rings. The average Bonchev–Trinajstić information content (AvgIpc) is 2.77. The van der Waals surface area contributed by atoms with E-state index in [-0.39, 0.29) is 6.04 Å².